The van der Waals surface area contributed by atoms with E-state index in [2.05, 4.69) is 25.9 Å². The lowest BCUT2D eigenvalue weighted by atomic mass is 9.43. The monoisotopic (exact) mass is 420 g/mol. The van der Waals surface area contributed by atoms with Crippen LogP contribution in [0.5, 0.6) is 0 Å². The summed E-state index contributed by atoms with van der Waals surface area (Å²) in [4.78, 5) is 11.1. The zero-order valence-electron chi connectivity index (χ0n) is 18.8. The lowest BCUT2D eigenvalue weighted by Gasteiger charge is -2.62. The molecule has 4 saturated carbocycles. The van der Waals surface area contributed by atoms with E-state index in [1.807, 2.05) is 0 Å². The number of fused-ring (bicyclic) bond motifs is 5. The van der Waals surface area contributed by atoms with Gasteiger partial charge in [0.25, 0.3) is 0 Å². The molecule has 0 aromatic heterocycles. The van der Waals surface area contributed by atoms with Gasteiger partial charge in [-0.2, -0.15) is 5.10 Å². The van der Waals surface area contributed by atoms with Crippen LogP contribution in [0.1, 0.15) is 78.6 Å². The number of carboxylic acid groups (broad SMARTS) is 1. The van der Waals surface area contributed by atoms with Crippen LogP contribution in [0.15, 0.2) is 5.10 Å². The van der Waals surface area contributed by atoms with Gasteiger partial charge in [0, 0.05) is 23.5 Å². The highest BCUT2D eigenvalue weighted by molar-refractivity contribution is 5.88. The minimum atomic E-state index is -0.742. The first-order valence-electron chi connectivity index (χ1n) is 12.0. The number of aliphatic carboxylic acids is 1. The third kappa shape index (κ3) is 3.21. The molecule has 2 unspecified atom stereocenters. The van der Waals surface area contributed by atoms with Crippen molar-refractivity contribution in [2.24, 2.45) is 57.3 Å². The molecule has 4 aliphatic rings. The maximum atomic E-state index is 11.6. The van der Waals surface area contributed by atoms with Gasteiger partial charge in [0.05, 0.1) is 12.2 Å². The highest BCUT2D eigenvalue weighted by Gasteiger charge is 2.65. The van der Waals surface area contributed by atoms with Crippen molar-refractivity contribution in [3.63, 3.8) is 0 Å². The van der Waals surface area contributed by atoms with Crippen molar-refractivity contribution >= 4 is 11.7 Å². The maximum Gasteiger partial charge on any atom is 0.303 e. The molecule has 4 fully saturated rings. The van der Waals surface area contributed by atoms with E-state index in [1.54, 1.807) is 0 Å². The fourth-order valence-electron chi connectivity index (χ4n) is 8.56. The largest absolute Gasteiger partial charge is 0.481 e. The predicted octanol–water partition coefficient (Wildman–Crippen LogP) is 3.40. The summed E-state index contributed by atoms with van der Waals surface area (Å²) < 4.78 is 0. The number of aliphatic hydroxyl groups is 2. The third-order valence-electron chi connectivity index (χ3n) is 10.3. The standard InChI is InChI=1S/C24H40N2O4/c1-13(4-7-21(29)30)16-5-6-17-22-18(12-20(28)24(16,17)3)23(2)9-8-15(27)10-14(23)11-19(22)26-25/h13-18,20,22,27-28H,4-12,25H2,1-3H3,(H,29,30)/b26-19-/t13-,14?,15-,16?,17+,18+,20+,22+,23+,24-/m1/s1. The highest BCUT2D eigenvalue weighted by Crippen LogP contribution is 2.67. The molecule has 5 N–H and O–H groups in total. The predicted molar refractivity (Wildman–Crippen MR) is 116 cm³/mol. The van der Waals surface area contributed by atoms with Crippen LogP contribution in [0.3, 0.4) is 0 Å². The summed E-state index contributed by atoms with van der Waals surface area (Å²) in [5.74, 6) is 7.19. The van der Waals surface area contributed by atoms with Gasteiger partial charge in [-0.05, 0) is 86.4 Å². The van der Waals surface area contributed by atoms with Crippen LogP contribution in [-0.4, -0.2) is 39.2 Å². The van der Waals surface area contributed by atoms with E-state index in [1.165, 1.54) is 0 Å². The van der Waals surface area contributed by atoms with Gasteiger partial charge in [-0.25, -0.2) is 0 Å². The number of aliphatic hydroxyl groups excluding tert-OH is 2. The summed E-state index contributed by atoms with van der Waals surface area (Å²) in [5, 5.41) is 35.3. The Morgan fingerprint density at radius 2 is 1.93 bits per heavy atom. The molecule has 0 aromatic carbocycles. The van der Waals surface area contributed by atoms with Crippen molar-refractivity contribution in [1.82, 2.24) is 0 Å². The van der Waals surface area contributed by atoms with Gasteiger partial charge in [-0.1, -0.05) is 20.8 Å². The molecular formula is C24H40N2O4. The first-order valence-corrected chi connectivity index (χ1v) is 12.0. The van der Waals surface area contributed by atoms with Gasteiger partial charge < -0.3 is 21.2 Å². The minimum Gasteiger partial charge on any atom is -0.481 e. The molecule has 0 radical (unpaired) electrons. The topological polar surface area (TPSA) is 116 Å². The first-order chi connectivity index (χ1) is 14.1. The number of hydrogen-bond donors (Lipinski definition) is 4. The Morgan fingerprint density at radius 1 is 1.20 bits per heavy atom. The second-order valence-electron chi connectivity index (χ2n) is 11.4. The van der Waals surface area contributed by atoms with Crippen molar-refractivity contribution in [3.05, 3.63) is 0 Å². The van der Waals surface area contributed by atoms with Crippen molar-refractivity contribution in [2.45, 2.75) is 90.8 Å². The third-order valence-corrected chi connectivity index (χ3v) is 10.3. The second kappa shape index (κ2) is 7.77. The van der Waals surface area contributed by atoms with E-state index >= 15 is 0 Å². The normalized spacial score (nSPS) is 50.4. The molecule has 4 rings (SSSR count). The zero-order chi connectivity index (χ0) is 21.8. The highest BCUT2D eigenvalue weighted by atomic mass is 16.4. The number of carbonyl (C=O) groups is 1. The van der Waals surface area contributed by atoms with Crippen molar-refractivity contribution in [2.75, 3.05) is 0 Å². The van der Waals surface area contributed by atoms with Crippen LogP contribution < -0.4 is 5.84 Å². The molecule has 6 heteroatoms. The van der Waals surface area contributed by atoms with Crippen LogP contribution >= 0.6 is 0 Å². The quantitative estimate of drug-likeness (QED) is 0.411. The van der Waals surface area contributed by atoms with Crippen molar-refractivity contribution in [3.8, 4) is 0 Å². The van der Waals surface area contributed by atoms with Crippen molar-refractivity contribution in [1.29, 1.82) is 0 Å². The smallest absolute Gasteiger partial charge is 0.303 e. The van der Waals surface area contributed by atoms with Gasteiger partial charge in [0.2, 0.25) is 0 Å². The Balaban J connectivity index is 1.65. The van der Waals surface area contributed by atoms with E-state index in [0.717, 1.165) is 50.7 Å². The van der Waals surface area contributed by atoms with Crippen LogP contribution in [0, 0.1) is 46.3 Å². The van der Waals surface area contributed by atoms with Crippen LogP contribution in [-0.2, 0) is 4.79 Å². The lowest BCUT2D eigenvalue weighted by Crippen LogP contribution is -2.61. The summed E-state index contributed by atoms with van der Waals surface area (Å²) in [5.41, 5.74) is 0.998. The SMILES string of the molecule is C[C@H](CCC(=O)O)C1CC[C@H]2[C@@H]3/C(=N\N)CC4C[C@H](O)CC[C@]4(C)[C@H]3C[C@H](O)[C@]12C. The maximum absolute atomic E-state index is 11.6. The number of carboxylic acids is 1. The Labute approximate surface area is 180 Å². The minimum absolute atomic E-state index is 0.118. The van der Waals surface area contributed by atoms with Crippen LogP contribution in [0.25, 0.3) is 0 Å². The van der Waals surface area contributed by atoms with Crippen LogP contribution in [0.4, 0.5) is 0 Å². The van der Waals surface area contributed by atoms with Crippen molar-refractivity contribution < 1.29 is 20.1 Å². The molecule has 10 atom stereocenters. The zero-order valence-corrected chi connectivity index (χ0v) is 18.8. The molecule has 0 spiro atoms. The Morgan fingerprint density at radius 3 is 2.60 bits per heavy atom. The summed E-state index contributed by atoms with van der Waals surface area (Å²) in [6.07, 6.45) is 6.63. The Hall–Kier alpha value is -1.14. The lowest BCUT2D eigenvalue weighted by molar-refractivity contribution is -0.148. The molecule has 0 saturated heterocycles. The Kier molecular flexibility index (Phi) is 5.72. The number of hydrogen-bond acceptors (Lipinski definition) is 5. The molecule has 0 aliphatic heterocycles. The molecular weight excluding hydrogens is 380 g/mol. The van der Waals surface area contributed by atoms with Crippen LogP contribution in [0.2, 0.25) is 0 Å². The van der Waals surface area contributed by atoms with E-state index in [9.17, 15) is 15.0 Å². The molecule has 30 heavy (non-hydrogen) atoms. The molecule has 0 heterocycles. The van der Waals surface area contributed by atoms with E-state index in [-0.39, 0.29) is 35.4 Å². The second-order valence-corrected chi connectivity index (χ2v) is 11.4. The van der Waals surface area contributed by atoms with Gasteiger partial charge in [-0.3, -0.25) is 4.79 Å². The number of rotatable bonds is 4. The summed E-state index contributed by atoms with van der Waals surface area (Å²) in [7, 11) is 0. The average molecular weight is 421 g/mol. The molecule has 6 nitrogen and oxygen atoms in total. The van der Waals surface area contributed by atoms with Gasteiger partial charge in [0.1, 0.15) is 0 Å². The summed E-state index contributed by atoms with van der Waals surface area (Å²) >= 11 is 0. The number of nitrogens with zero attached hydrogens (tertiary/aromatic N) is 1. The average Bonchev–Trinajstić information content (AvgIpc) is 3.06. The first kappa shape index (κ1) is 22.1. The number of hydrazone groups is 1. The molecule has 0 amide bonds. The summed E-state index contributed by atoms with van der Waals surface area (Å²) in [6.45, 7) is 6.80. The van der Waals surface area contributed by atoms with Gasteiger partial charge >= 0.3 is 5.97 Å². The molecule has 0 bridgehead atoms. The fraction of sp³-hybridized carbons (Fsp3) is 0.917. The summed E-state index contributed by atoms with van der Waals surface area (Å²) in [6, 6.07) is 0. The van der Waals surface area contributed by atoms with E-state index in [0.29, 0.717) is 36.0 Å². The molecule has 170 valence electrons. The number of nitrogens with two attached hydrogens (primary N) is 1. The van der Waals surface area contributed by atoms with E-state index in [4.69, 9.17) is 10.9 Å². The molecule has 0 aromatic rings. The van der Waals surface area contributed by atoms with Gasteiger partial charge in [0.15, 0.2) is 0 Å². The fourth-order valence-corrected chi connectivity index (χ4v) is 8.56. The van der Waals surface area contributed by atoms with E-state index < -0.39 is 5.97 Å². The molecule has 4 aliphatic carbocycles. The Bertz CT molecular complexity index is 711. The van der Waals surface area contributed by atoms with Gasteiger partial charge in [-0.15, -0.1) is 0 Å².